The number of methoxy groups -OCH3 is 1. The van der Waals surface area contributed by atoms with E-state index < -0.39 is 8.60 Å². The van der Waals surface area contributed by atoms with Crippen LogP contribution in [0.4, 0.5) is 0 Å². The van der Waals surface area contributed by atoms with Gasteiger partial charge in [0.1, 0.15) is 6.10 Å². The molecule has 138 valence electrons. The molecule has 0 aromatic heterocycles. The second-order valence-corrected chi connectivity index (χ2v) is 7.29. The Hall–Kier alpha value is -0.320. The highest BCUT2D eigenvalue weighted by Gasteiger charge is 2.36. The van der Waals surface area contributed by atoms with Gasteiger partial charge in [-0.05, 0) is 20.7 Å². The Morgan fingerprint density at radius 2 is 1.96 bits per heavy atom. The van der Waals surface area contributed by atoms with Crippen molar-refractivity contribution in [3.8, 4) is 6.07 Å². The van der Waals surface area contributed by atoms with Crippen molar-refractivity contribution < 1.29 is 29.2 Å². The molecule has 0 aromatic carbocycles. The lowest BCUT2D eigenvalue weighted by Gasteiger charge is -2.24. The molecule has 0 amide bonds. The highest BCUT2D eigenvalue weighted by molar-refractivity contribution is 7.41. The molecule has 2 heterocycles. The molecule has 2 saturated heterocycles. The molecule has 8 heteroatoms. The summed E-state index contributed by atoms with van der Waals surface area (Å²) in [7, 11) is 0.0254. The third-order valence-corrected chi connectivity index (χ3v) is 5.25. The van der Waals surface area contributed by atoms with Crippen LogP contribution in [0.15, 0.2) is 0 Å². The van der Waals surface area contributed by atoms with E-state index in [1.165, 1.54) is 0 Å². The molecule has 2 aliphatic heterocycles. The number of nitrogens with zero attached hydrogens (tertiary/aromatic N) is 1. The minimum atomic E-state index is -1.64. The predicted molar refractivity (Wildman–Crippen MR) is 88.3 cm³/mol. The van der Waals surface area contributed by atoms with Gasteiger partial charge < -0.3 is 27.8 Å². The van der Waals surface area contributed by atoms with Crippen molar-refractivity contribution >= 4 is 8.60 Å². The molecular formula is C16H28NO6P. The summed E-state index contributed by atoms with van der Waals surface area (Å²) in [5.41, 5.74) is 0. The van der Waals surface area contributed by atoms with Gasteiger partial charge in [0.05, 0.1) is 56.2 Å². The SMILES string of the molecule is [2H]C[C@H]1O[C@@H](C)CC1OP(OCCC#N)OC[C@H]1O[C@@H](C)CC1OC. The second-order valence-electron chi connectivity index (χ2n) is 6.12. The minimum Gasteiger partial charge on any atom is -0.379 e. The van der Waals surface area contributed by atoms with Gasteiger partial charge in [-0.15, -0.1) is 0 Å². The first-order chi connectivity index (χ1) is 12.1. The fourth-order valence-electron chi connectivity index (χ4n) is 2.86. The van der Waals surface area contributed by atoms with Crippen LogP contribution >= 0.6 is 8.60 Å². The van der Waals surface area contributed by atoms with Gasteiger partial charge in [0, 0.05) is 21.3 Å². The van der Waals surface area contributed by atoms with Crippen LogP contribution in [0.2, 0.25) is 0 Å². The molecular weight excluding hydrogens is 333 g/mol. The Balaban J connectivity index is 1.87. The van der Waals surface area contributed by atoms with E-state index in [1.807, 2.05) is 19.9 Å². The van der Waals surface area contributed by atoms with Gasteiger partial charge in [-0.2, -0.15) is 5.26 Å². The van der Waals surface area contributed by atoms with Gasteiger partial charge in [0.15, 0.2) is 0 Å². The Labute approximate surface area is 146 Å². The zero-order chi connectivity index (χ0) is 18.2. The number of hydrogen-bond acceptors (Lipinski definition) is 7. The summed E-state index contributed by atoms with van der Waals surface area (Å²) in [6.45, 7) is 4.64. The van der Waals surface area contributed by atoms with E-state index in [0.717, 1.165) is 6.42 Å². The van der Waals surface area contributed by atoms with Crippen molar-refractivity contribution in [2.45, 2.75) is 76.6 Å². The largest absolute Gasteiger partial charge is 0.379 e. The van der Waals surface area contributed by atoms with E-state index in [-0.39, 0.29) is 56.6 Å². The number of rotatable bonds is 9. The van der Waals surface area contributed by atoms with E-state index in [0.29, 0.717) is 13.0 Å². The molecule has 7 nitrogen and oxygen atoms in total. The van der Waals surface area contributed by atoms with Crippen molar-refractivity contribution in [2.24, 2.45) is 0 Å². The Morgan fingerprint density at radius 3 is 2.67 bits per heavy atom. The minimum absolute atomic E-state index is 0.0122. The lowest BCUT2D eigenvalue weighted by Crippen LogP contribution is -2.28. The van der Waals surface area contributed by atoms with Crippen molar-refractivity contribution in [1.82, 2.24) is 0 Å². The van der Waals surface area contributed by atoms with Crippen LogP contribution in [-0.2, 0) is 27.8 Å². The van der Waals surface area contributed by atoms with Gasteiger partial charge >= 0.3 is 8.60 Å². The van der Waals surface area contributed by atoms with Crippen LogP contribution < -0.4 is 0 Å². The second kappa shape index (κ2) is 9.98. The summed E-state index contributed by atoms with van der Waals surface area (Å²) < 4.78 is 41.9. The normalized spacial score (nSPS) is 38.0. The Kier molecular flexibility index (Phi) is 7.68. The van der Waals surface area contributed by atoms with Gasteiger partial charge in [-0.3, -0.25) is 0 Å². The van der Waals surface area contributed by atoms with Gasteiger partial charge in [0.25, 0.3) is 0 Å². The highest BCUT2D eigenvalue weighted by atomic mass is 31.2. The summed E-state index contributed by atoms with van der Waals surface area (Å²) in [5.74, 6) is 0. The number of nitriles is 1. The maximum atomic E-state index is 8.69. The van der Waals surface area contributed by atoms with Gasteiger partial charge in [0.2, 0.25) is 0 Å². The topological polar surface area (TPSA) is 79.2 Å². The van der Waals surface area contributed by atoms with Gasteiger partial charge in [-0.25, -0.2) is 0 Å². The molecule has 0 radical (unpaired) electrons. The van der Waals surface area contributed by atoms with E-state index >= 15 is 0 Å². The van der Waals surface area contributed by atoms with Crippen LogP contribution in [0, 0.1) is 11.3 Å². The van der Waals surface area contributed by atoms with Crippen molar-refractivity contribution in [1.29, 1.82) is 5.26 Å². The predicted octanol–water partition coefficient (Wildman–Crippen LogP) is 2.94. The fourth-order valence-corrected chi connectivity index (χ4v) is 4.00. The van der Waals surface area contributed by atoms with Crippen molar-refractivity contribution in [2.75, 3.05) is 20.3 Å². The van der Waals surface area contributed by atoms with Crippen molar-refractivity contribution in [3.05, 3.63) is 0 Å². The van der Waals surface area contributed by atoms with Crippen LogP contribution in [0.3, 0.4) is 0 Å². The van der Waals surface area contributed by atoms with Crippen LogP contribution in [0.25, 0.3) is 0 Å². The maximum Gasteiger partial charge on any atom is 0.333 e. The lowest BCUT2D eigenvalue weighted by molar-refractivity contribution is -0.0324. The molecule has 24 heavy (non-hydrogen) atoms. The third-order valence-electron chi connectivity index (χ3n) is 4.05. The summed E-state index contributed by atoms with van der Waals surface area (Å²) >= 11 is 0. The molecule has 0 aromatic rings. The summed E-state index contributed by atoms with van der Waals surface area (Å²) in [5, 5.41) is 8.69. The smallest absolute Gasteiger partial charge is 0.333 e. The zero-order valence-electron chi connectivity index (χ0n) is 15.6. The van der Waals surface area contributed by atoms with E-state index in [4.69, 9.17) is 34.4 Å². The first-order valence-electron chi connectivity index (χ1n) is 9.00. The first-order valence-corrected chi connectivity index (χ1v) is 9.39. The Morgan fingerprint density at radius 1 is 1.21 bits per heavy atom. The molecule has 0 spiro atoms. The Bertz CT molecular complexity index is 439. The molecule has 7 atom stereocenters. The summed E-state index contributed by atoms with van der Waals surface area (Å²) in [6.07, 6.45) is 1.28. The lowest BCUT2D eigenvalue weighted by atomic mass is 10.1. The number of ether oxygens (including phenoxy) is 3. The standard InChI is InChI=1S/C16H28NO6P/c1-11-8-14(13(3)21-11)23-24(19-7-5-6-17)20-10-16-15(18-4)9-12(2)22-16/h11-16H,5,7-10H2,1-4H3/t11-,12-,13+,14?,15?,16+,24?/m0/s1/i3D. The molecule has 3 unspecified atom stereocenters. The molecule has 2 aliphatic rings. The fraction of sp³-hybridized carbons (Fsp3) is 0.938. The van der Waals surface area contributed by atoms with Crippen molar-refractivity contribution in [3.63, 3.8) is 0 Å². The molecule has 0 bridgehead atoms. The maximum absolute atomic E-state index is 8.69. The van der Waals surface area contributed by atoms with Crippen LogP contribution in [-0.4, -0.2) is 56.9 Å². The molecule has 0 aliphatic carbocycles. The van der Waals surface area contributed by atoms with Gasteiger partial charge in [-0.1, -0.05) is 0 Å². The quantitative estimate of drug-likeness (QED) is 0.461. The summed E-state index contributed by atoms with van der Waals surface area (Å²) in [4.78, 5) is 0. The molecule has 0 N–H and O–H groups in total. The van der Waals surface area contributed by atoms with E-state index in [2.05, 4.69) is 0 Å². The summed E-state index contributed by atoms with van der Waals surface area (Å²) in [6, 6.07) is 2.04. The third kappa shape index (κ3) is 5.89. The monoisotopic (exact) mass is 362 g/mol. The van der Waals surface area contributed by atoms with E-state index in [1.54, 1.807) is 7.11 Å². The highest BCUT2D eigenvalue weighted by Crippen LogP contribution is 2.45. The van der Waals surface area contributed by atoms with Crippen LogP contribution in [0.5, 0.6) is 0 Å². The molecule has 2 fully saturated rings. The number of hydrogen-bond donors (Lipinski definition) is 0. The average molecular weight is 362 g/mol. The first kappa shape index (κ1) is 18.5. The van der Waals surface area contributed by atoms with E-state index in [9.17, 15) is 0 Å². The zero-order valence-corrected chi connectivity index (χ0v) is 15.4. The average Bonchev–Trinajstić information content (AvgIpc) is 3.14. The molecule has 0 saturated carbocycles. The van der Waals surface area contributed by atoms with Crippen LogP contribution in [0.1, 0.15) is 41.4 Å². The molecule has 2 rings (SSSR count).